The van der Waals surface area contributed by atoms with Crippen LogP contribution in [0.1, 0.15) is 37.1 Å². The number of likely N-dealkylation sites (tertiary alicyclic amines) is 1. The molecule has 8 nitrogen and oxygen atoms in total. The Morgan fingerprint density at radius 1 is 1.29 bits per heavy atom. The van der Waals surface area contributed by atoms with Gasteiger partial charge in [0, 0.05) is 38.8 Å². The molecule has 8 heteroatoms. The molecule has 0 radical (unpaired) electrons. The first-order valence-corrected chi connectivity index (χ1v) is 9.67. The molecule has 2 aromatic rings. The van der Waals surface area contributed by atoms with E-state index in [0.717, 1.165) is 17.7 Å². The summed E-state index contributed by atoms with van der Waals surface area (Å²) in [5.41, 5.74) is 1.93. The van der Waals surface area contributed by atoms with E-state index >= 15 is 0 Å². The maximum Gasteiger partial charge on any atom is 0.233 e. The van der Waals surface area contributed by atoms with Crippen LogP contribution in [0.25, 0.3) is 0 Å². The third kappa shape index (κ3) is 2.93. The van der Waals surface area contributed by atoms with Gasteiger partial charge in [0.05, 0.1) is 24.8 Å². The number of nitrogens with zero attached hydrogens (tertiary/aromatic N) is 5. The Labute approximate surface area is 164 Å². The largest absolute Gasteiger partial charge is 0.481 e. The number of anilines is 1. The molecule has 148 valence electrons. The minimum atomic E-state index is -0.327. The number of hydrogen-bond donors (Lipinski definition) is 0. The second kappa shape index (κ2) is 7.26. The average Bonchev–Trinajstić information content (AvgIpc) is 3.32. The Kier molecular flexibility index (Phi) is 4.78. The molecule has 28 heavy (non-hydrogen) atoms. The number of fused-ring (bicyclic) bond motifs is 1. The Morgan fingerprint density at radius 3 is 2.79 bits per heavy atom. The standard InChI is InChI=1S/C20H25N5O3/c1-4-24-17(26)8-6-14(18(24)15-9-11-21-23(15)2)20(27)25-12-10-13-5-7-16(28-3)22-19(13)25/h5,7,9,11,14,18H,4,6,8,10,12H2,1-3H3/t14-,18-/m0/s1. The zero-order valence-corrected chi connectivity index (χ0v) is 16.5. The van der Waals surface area contributed by atoms with Crippen molar-refractivity contribution in [3.8, 4) is 5.88 Å². The summed E-state index contributed by atoms with van der Waals surface area (Å²) < 4.78 is 7.00. The van der Waals surface area contributed by atoms with Crippen molar-refractivity contribution in [3.63, 3.8) is 0 Å². The van der Waals surface area contributed by atoms with Crippen LogP contribution in [0.15, 0.2) is 24.4 Å². The highest BCUT2D eigenvalue weighted by Gasteiger charge is 2.44. The summed E-state index contributed by atoms with van der Waals surface area (Å²) in [6.45, 7) is 3.11. The van der Waals surface area contributed by atoms with E-state index in [1.165, 1.54) is 0 Å². The Balaban J connectivity index is 1.70. The number of piperidine rings is 1. The first-order chi connectivity index (χ1) is 13.5. The summed E-state index contributed by atoms with van der Waals surface area (Å²) in [6, 6.07) is 5.37. The lowest BCUT2D eigenvalue weighted by Gasteiger charge is -2.41. The molecule has 4 rings (SSSR count). The van der Waals surface area contributed by atoms with Gasteiger partial charge in [-0.15, -0.1) is 0 Å². The van der Waals surface area contributed by atoms with Gasteiger partial charge in [0.2, 0.25) is 17.7 Å². The van der Waals surface area contributed by atoms with Crippen LogP contribution in [0, 0.1) is 5.92 Å². The minimum Gasteiger partial charge on any atom is -0.481 e. The van der Waals surface area contributed by atoms with Crippen molar-refractivity contribution in [2.75, 3.05) is 25.1 Å². The van der Waals surface area contributed by atoms with Crippen molar-refractivity contribution < 1.29 is 14.3 Å². The second-order valence-corrected chi connectivity index (χ2v) is 7.23. The van der Waals surface area contributed by atoms with Crippen LogP contribution >= 0.6 is 0 Å². The van der Waals surface area contributed by atoms with Crippen LogP contribution in [0.2, 0.25) is 0 Å². The van der Waals surface area contributed by atoms with Crippen molar-refractivity contribution in [2.24, 2.45) is 13.0 Å². The Bertz CT molecular complexity index is 909. The van der Waals surface area contributed by atoms with E-state index < -0.39 is 0 Å². The highest BCUT2D eigenvalue weighted by Crippen LogP contribution is 2.39. The average molecular weight is 383 g/mol. The third-order valence-electron chi connectivity index (χ3n) is 5.79. The van der Waals surface area contributed by atoms with Gasteiger partial charge in [-0.25, -0.2) is 0 Å². The van der Waals surface area contributed by atoms with Gasteiger partial charge >= 0.3 is 0 Å². The van der Waals surface area contributed by atoms with Gasteiger partial charge in [-0.05, 0) is 37.5 Å². The zero-order valence-electron chi connectivity index (χ0n) is 16.5. The van der Waals surface area contributed by atoms with E-state index in [0.29, 0.717) is 37.6 Å². The molecule has 2 aliphatic rings. The molecule has 2 aliphatic heterocycles. The summed E-state index contributed by atoms with van der Waals surface area (Å²) in [6.07, 6.45) is 3.39. The fraction of sp³-hybridized carbons (Fsp3) is 0.500. The first-order valence-electron chi connectivity index (χ1n) is 9.67. The van der Waals surface area contributed by atoms with Crippen LogP contribution in [0.5, 0.6) is 5.88 Å². The van der Waals surface area contributed by atoms with Gasteiger partial charge in [-0.2, -0.15) is 10.1 Å². The van der Waals surface area contributed by atoms with Crippen LogP contribution < -0.4 is 9.64 Å². The smallest absolute Gasteiger partial charge is 0.233 e. The summed E-state index contributed by atoms with van der Waals surface area (Å²) in [5.74, 6) is 0.937. The monoisotopic (exact) mass is 383 g/mol. The molecular formula is C20H25N5O3. The molecule has 1 saturated heterocycles. The molecule has 0 N–H and O–H groups in total. The molecule has 0 unspecified atom stereocenters. The predicted octanol–water partition coefficient (Wildman–Crippen LogP) is 1.71. The van der Waals surface area contributed by atoms with E-state index in [9.17, 15) is 9.59 Å². The summed E-state index contributed by atoms with van der Waals surface area (Å²) in [7, 11) is 3.42. The number of amides is 2. The van der Waals surface area contributed by atoms with Gasteiger partial charge in [0.15, 0.2) is 0 Å². The topological polar surface area (TPSA) is 80.6 Å². The minimum absolute atomic E-state index is 0.0108. The number of rotatable bonds is 4. The molecule has 0 aliphatic carbocycles. The number of ether oxygens (including phenoxy) is 1. The molecular weight excluding hydrogens is 358 g/mol. The van der Waals surface area contributed by atoms with Crippen LogP contribution in [-0.4, -0.2) is 51.7 Å². The quantitative estimate of drug-likeness (QED) is 0.803. The third-order valence-corrected chi connectivity index (χ3v) is 5.79. The van der Waals surface area contributed by atoms with E-state index in [1.807, 2.05) is 32.2 Å². The predicted molar refractivity (Wildman–Crippen MR) is 103 cm³/mol. The molecule has 2 atom stereocenters. The Hall–Kier alpha value is -2.90. The van der Waals surface area contributed by atoms with Gasteiger partial charge in [0.1, 0.15) is 5.82 Å². The molecule has 0 saturated carbocycles. The number of aryl methyl sites for hydroxylation is 1. The van der Waals surface area contributed by atoms with E-state index in [-0.39, 0.29) is 23.8 Å². The van der Waals surface area contributed by atoms with Crippen LogP contribution in [-0.2, 0) is 23.1 Å². The lowest BCUT2D eigenvalue weighted by atomic mass is 9.85. The first kappa shape index (κ1) is 18.5. The van der Waals surface area contributed by atoms with Crippen molar-refractivity contribution in [1.29, 1.82) is 0 Å². The van der Waals surface area contributed by atoms with Gasteiger partial charge < -0.3 is 9.64 Å². The zero-order chi connectivity index (χ0) is 19.8. The number of pyridine rings is 1. The maximum absolute atomic E-state index is 13.6. The normalized spacial score (nSPS) is 21.8. The number of aromatic nitrogens is 3. The lowest BCUT2D eigenvalue weighted by Crippen LogP contribution is -2.49. The molecule has 2 aromatic heterocycles. The SMILES string of the molecule is CCN1C(=O)CC[C@H](C(=O)N2CCc3ccc(OC)nc32)[C@H]1c1ccnn1C. The van der Waals surface area contributed by atoms with Gasteiger partial charge in [-0.1, -0.05) is 0 Å². The van der Waals surface area contributed by atoms with Crippen molar-refractivity contribution in [3.05, 3.63) is 35.7 Å². The van der Waals surface area contributed by atoms with E-state index in [2.05, 4.69) is 10.1 Å². The summed E-state index contributed by atoms with van der Waals surface area (Å²) in [4.78, 5) is 34.3. The van der Waals surface area contributed by atoms with Crippen molar-refractivity contribution in [1.82, 2.24) is 19.7 Å². The second-order valence-electron chi connectivity index (χ2n) is 7.23. The molecule has 4 heterocycles. The highest BCUT2D eigenvalue weighted by molar-refractivity contribution is 5.97. The number of carbonyl (C=O) groups excluding carboxylic acids is 2. The van der Waals surface area contributed by atoms with Gasteiger partial charge in [-0.3, -0.25) is 19.2 Å². The number of hydrogen-bond acceptors (Lipinski definition) is 5. The molecule has 2 amide bonds. The van der Waals surface area contributed by atoms with Gasteiger partial charge in [0.25, 0.3) is 0 Å². The molecule has 0 aromatic carbocycles. The summed E-state index contributed by atoms with van der Waals surface area (Å²) in [5, 5.41) is 4.26. The maximum atomic E-state index is 13.6. The molecule has 0 spiro atoms. The van der Waals surface area contributed by atoms with Crippen LogP contribution in [0.3, 0.4) is 0 Å². The number of methoxy groups -OCH3 is 1. The highest BCUT2D eigenvalue weighted by atomic mass is 16.5. The molecule has 0 bridgehead atoms. The van der Waals surface area contributed by atoms with Crippen molar-refractivity contribution in [2.45, 2.75) is 32.2 Å². The fourth-order valence-corrected chi connectivity index (χ4v) is 4.38. The fourth-order valence-electron chi connectivity index (χ4n) is 4.38. The van der Waals surface area contributed by atoms with Crippen molar-refractivity contribution >= 4 is 17.6 Å². The summed E-state index contributed by atoms with van der Waals surface area (Å²) >= 11 is 0. The van der Waals surface area contributed by atoms with Crippen LogP contribution in [0.4, 0.5) is 5.82 Å². The number of carbonyl (C=O) groups is 2. The van der Waals surface area contributed by atoms with E-state index in [4.69, 9.17) is 4.74 Å². The Morgan fingerprint density at radius 2 is 2.11 bits per heavy atom. The lowest BCUT2D eigenvalue weighted by molar-refractivity contribution is -0.142. The molecule has 1 fully saturated rings. The van der Waals surface area contributed by atoms with E-state index in [1.54, 1.807) is 27.8 Å².